The quantitative estimate of drug-likeness (QED) is 0.525. The molecule has 23 heavy (non-hydrogen) atoms. The van der Waals surface area contributed by atoms with Gasteiger partial charge < -0.3 is 19.5 Å². The molecule has 0 saturated carbocycles. The number of esters is 1. The number of carbonyl (C=O) groups is 5. The molecule has 1 unspecified atom stereocenters. The van der Waals surface area contributed by atoms with E-state index < -0.39 is 41.8 Å². The molecule has 1 rings (SSSR count). The van der Waals surface area contributed by atoms with Crippen LogP contribution in [0.4, 0.5) is 4.79 Å². The van der Waals surface area contributed by atoms with E-state index in [0.717, 1.165) is 26.0 Å². The highest BCUT2D eigenvalue weighted by atomic mass is 16.5. The zero-order valence-electron chi connectivity index (χ0n) is 13.0. The summed E-state index contributed by atoms with van der Waals surface area (Å²) in [5.41, 5.74) is -2.06. The van der Waals surface area contributed by atoms with E-state index in [-0.39, 0.29) is 19.5 Å². The first kappa shape index (κ1) is 18.4. The van der Waals surface area contributed by atoms with Crippen molar-refractivity contribution in [2.75, 3.05) is 27.3 Å². The van der Waals surface area contributed by atoms with Crippen LogP contribution >= 0.6 is 0 Å². The number of aliphatic carboxylic acids is 1. The molecule has 0 aliphatic carbocycles. The topological polar surface area (TPSA) is 131 Å². The Morgan fingerprint density at radius 3 is 2.22 bits per heavy atom. The molecule has 1 fully saturated rings. The van der Waals surface area contributed by atoms with Crippen molar-refractivity contribution in [2.45, 2.75) is 25.3 Å². The summed E-state index contributed by atoms with van der Waals surface area (Å²) in [7, 11) is 2.12. The zero-order valence-corrected chi connectivity index (χ0v) is 13.0. The van der Waals surface area contributed by atoms with Crippen molar-refractivity contribution < 1.29 is 38.6 Å². The SMILES string of the molecule is COC(=O)N1CCN(C(=O)CCC(=O)O)C(C)(C(=O)OC)C1=O. The number of amides is 3. The van der Waals surface area contributed by atoms with Gasteiger partial charge in [0, 0.05) is 19.5 Å². The van der Waals surface area contributed by atoms with Crippen LogP contribution in [-0.2, 0) is 28.7 Å². The van der Waals surface area contributed by atoms with E-state index in [1.165, 1.54) is 0 Å². The minimum Gasteiger partial charge on any atom is -0.481 e. The first-order chi connectivity index (χ1) is 10.7. The van der Waals surface area contributed by atoms with Gasteiger partial charge in [0.25, 0.3) is 5.91 Å². The van der Waals surface area contributed by atoms with E-state index in [9.17, 15) is 24.0 Å². The number of ether oxygens (including phenoxy) is 2. The van der Waals surface area contributed by atoms with E-state index in [1.54, 1.807) is 0 Å². The number of hydrogen-bond donors (Lipinski definition) is 1. The maximum Gasteiger partial charge on any atom is 0.416 e. The highest BCUT2D eigenvalue weighted by Crippen LogP contribution is 2.26. The van der Waals surface area contributed by atoms with E-state index in [1.807, 2.05) is 0 Å². The van der Waals surface area contributed by atoms with Crippen LogP contribution in [0.3, 0.4) is 0 Å². The molecule has 1 heterocycles. The van der Waals surface area contributed by atoms with Gasteiger partial charge in [0.05, 0.1) is 20.6 Å². The monoisotopic (exact) mass is 330 g/mol. The fourth-order valence-electron chi connectivity index (χ4n) is 2.31. The third kappa shape index (κ3) is 3.41. The van der Waals surface area contributed by atoms with Crippen LogP contribution in [0.2, 0.25) is 0 Å². The minimum atomic E-state index is -2.06. The number of hydrogen-bond acceptors (Lipinski definition) is 7. The summed E-state index contributed by atoms with van der Waals surface area (Å²) in [4.78, 5) is 60.6. The number of imide groups is 1. The predicted octanol–water partition coefficient (Wildman–Crippen LogP) is -0.780. The summed E-state index contributed by atoms with van der Waals surface area (Å²) in [6.07, 6.45) is -1.78. The molecule has 0 aromatic rings. The largest absolute Gasteiger partial charge is 0.481 e. The minimum absolute atomic E-state index is 0.134. The van der Waals surface area contributed by atoms with Crippen molar-refractivity contribution in [3.8, 4) is 0 Å². The van der Waals surface area contributed by atoms with Crippen molar-refractivity contribution in [1.82, 2.24) is 9.80 Å². The van der Waals surface area contributed by atoms with Crippen LogP contribution < -0.4 is 0 Å². The smallest absolute Gasteiger partial charge is 0.416 e. The summed E-state index contributed by atoms with van der Waals surface area (Å²) >= 11 is 0. The summed E-state index contributed by atoms with van der Waals surface area (Å²) in [6, 6.07) is 0. The normalized spacial score (nSPS) is 20.9. The Morgan fingerprint density at radius 2 is 1.74 bits per heavy atom. The van der Waals surface area contributed by atoms with Gasteiger partial charge in [-0.2, -0.15) is 0 Å². The van der Waals surface area contributed by atoms with Gasteiger partial charge in [-0.05, 0) is 6.92 Å². The molecule has 128 valence electrons. The van der Waals surface area contributed by atoms with Crippen LogP contribution in [-0.4, -0.2) is 77.6 Å². The number of methoxy groups -OCH3 is 2. The summed E-state index contributed by atoms with van der Waals surface area (Å²) in [5, 5.41) is 8.65. The van der Waals surface area contributed by atoms with E-state index >= 15 is 0 Å². The first-order valence-corrected chi connectivity index (χ1v) is 6.70. The average Bonchev–Trinajstić information content (AvgIpc) is 2.53. The Bertz CT molecular complexity index is 546. The van der Waals surface area contributed by atoms with Gasteiger partial charge in [0.15, 0.2) is 0 Å². The number of nitrogens with zero attached hydrogens (tertiary/aromatic N) is 2. The van der Waals surface area contributed by atoms with Gasteiger partial charge in [-0.25, -0.2) is 14.5 Å². The third-order valence-corrected chi connectivity index (χ3v) is 3.58. The molecule has 0 aromatic carbocycles. The molecule has 10 heteroatoms. The molecule has 1 saturated heterocycles. The lowest BCUT2D eigenvalue weighted by Gasteiger charge is -2.44. The zero-order chi connectivity index (χ0) is 17.8. The Balaban J connectivity index is 3.14. The lowest BCUT2D eigenvalue weighted by Crippen LogP contribution is -2.70. The van der Waals surface area contributed by atoms with Crippen LogP contribution in [0, 0.1) is 0 Å². The third-order valence-electron chi connectivity index (χ3n) is 3.58. The van der Waals surface area contributed by atoms with Crippen molar-refractivity contribution in [1.29, 1.82) is 0 Å². The molecule has 0 radical (unpaired) electrons. The molecule has 0 bridgehead atoms. The number of rotatable bonds is 4. The number of piperazine rings is 1. The second-order valence-electron chi connectivity index (χ2n) is 4.93. The summed E-state index contributed by atoms with van der Waals surface area (Å²) in [5.74, 6) is -3.87. The molecule has 1 aliphatic heterocycles. The maximum atomic E-state index is 12.5. The van der Waals surface area contributed by atoms with Gasteiger partial charge in [-0.1, -0.05) is 0 Å². The molecule has 0 spiro atoms. The Kier molecular flexibility index (Phi) is 5.66. The van der Waals surface area contributed by atoms with Gasteiger partial charge in [0.2, 0.25) is 11.4 Å². The molecule has 1 N–H and O–H groups in total. The first-order valence-electron chi connectivity index (χ1n) is 6.70. The van der Waals surface area contributed by atoms with Crippen molar-refractivity contribution in [3.63, 3.8) is 0 Å². The second kappa shape index (κ2) is 7.07. The lowest BCUT2D eigenvalue weighted by molar-refractivity contribution is -0.174. The second-order valence-corrected chi connectivity index (χ2v) is 4.93. The van der Waals surface area contributed by atoms with Gasteiger partial charge >= 0.3 is 18.0 Å². The van der Waals surface area contributed by atoms with Gasteiger partial charge in [0.1, 0.15) is 0 Å². The van der Waals surface area contributed by atoms with E-state index in [4.69, 9.17) is 5.11 Å². The standard InChI is InChI=1S/C13H18N2O8/c1-13(11(20)22-2)10(19)14(12(21)23-3)6-7-15(13)8(16)4-5-9(17)18/h4-7H2,1-3H3,(H,17,18). The lowest BCUT2D eigenvalue weighted by atomic mass is 9.94. The Morgan fingerprint density at radius 1 is 1.13 bits per heavy atom. The van der Waals surface area contributed by atoms with Crippen molar-refractivity contribution in [2.24, 2.45) is 0 Å². The average molecular weight is 330 g/mol. The van der Waals surface area contributed by atoms with Gasteiger partial charge in [-0.3, -0.25) is 14.4 Å². The predicted molar refractivity (Wildman–Crippen MR) is 73.1 cm³/mol. The molecule has 0 aromatic heterocycles. The number of carbonyl (C=O) groups excluding carboxylic acids is 4. The maximum absolute atomic E-state index is 12.5. The molecule has 1 atom stereocenters. The van der Waals surface area contributed by atoms with Crippen molar-refractivity contribution >= 4 is 29.8 Å². The summed E-state index contributed by atoms with van der Waals surface area (Å²) in [6.45, 7) is 0.844. The number of carboxylic acids is 1. The van der Waals surface area contributed by atoms with Crippen molar-refractivity contribution in [3.05, 3.63) is 0 Å². The fraction of sp³-hybridized carbons (Fsp3) is 0.615. The number of carboxylic acid groups (broad SMARTS) is 1. The molecular formula is C13H18N2O8. The fourth-order valence-corrected chi connectivity index (χ4v) is 2.31. The molecular weight excluding hydrogens is 312 g/mol. The highest BCUT2D eigenvalue weighted by molar-refractivity contribution is 6.13. The molecule has 3 amide bonds. The molecule has 1 aliphatic rings. The van der Waals surface area contributed by atoms with Crippen LogP contribution in [0.1, 0.15) is 19.8 Å². The molecule has 10 nitrogen and oxygen atoms in total. The van der Waals surface area contributed by atoms with Crippen LogP contribution in [0.25, 0.3) is 0 Å². The van der Waals surface area contributed by atoms with Crippen LogP contribution in [0.15, 0.2) is 0 Å². The summed E-state index contributed by atoms with van der Waals surface area (Å²) < 4.78 is 9.06. The van der Waals surface area contributed by atoms with E-state index in [0.29, 0.717) is 4.90 Å². The Hall–Kier alpha value is -2.65. The van der Waals surface area contributed by atoms with Crippen LogP contribution in [0.5, 0.6) is 0 Å². The van der Waals surface area contributed by atoms with Gasteiger partial charge in [-0.15, -0.1) is 0 Å². The van der Waals surface area contributed by atoms with E-state index in [2.05, 4.69) is 9.47 Å². The Labute approximate surface area is 131 Å². The highest BCUT2D eigenvalue weighted by Gasteiger charge is 2.55.